The van der Waals surface area contributed by atoms with E-state index in [0.29, 0.717) is 18.3 Å². The highest BCUT2D eigenvalue weighted by atomic mass is 79.9. The summed E-state index contributed by atoms with van der Waals surface area (Å²) >= 11 is 3.20. The summed E-state index contributed by atoms with van der Waals surface area (Å²) in [4.78, 5) is 0.179. The van der Waals surface area contributed by atoms with Gasteiger partial charge in [0.2, 0.25) is 10.0 Å². The number of sulfonamides is 1. The zero-order valence-corrected chi connectivity index (χ0v) is 14.9. The van der Waals surface area contributed by atoms with Crippen LogP contribution in [0.5, 0.6) is 0 Å². The Hall–Kier alpha value is -0.370. The summed E-state index contributed by atoms with van der Waals surface area (Å²) in [6, 6.07) is 2.07. The number of unbranched alkanes of at least 4 members (excludes halogenated alkanes) is 1. The molecule has 5 nitrogen and oxygen atoms in total. The minimum Gasteiger partial charge on any atom is -0.452 e. The van der Waals surface area contributed by atoms with Gasteiger partial charge in [0.15, 0.2) is 4.67 Å². The lowest BCUT2D eigenvalue weighted by molar-refractivity contribution is 0.459. The highest BCUT2D eigenvalue weighted by molar-refractivity contribution is 9.10. The van der Waals surface area contributed by atoms with Crippen molar-refractivity contribution >= 4 is 26.0 Å². The first-order chi connectivity index (χ1) is 9.92. The molecule has 21 heavy (non-hydrogen) atoms. The molecule has 0 spiro atoms. The molecule has 0 amide bonds. The fourth-order valence-electron chi connectivity index (χ4n) is 2.10. The van der Waals surface area contributed by atoms with Gasteiger partial charge in [0.25, 0.3) is 0 Å². The summed E-state index contributed by atoms with van der Waals surface area (Å²) < 4.78 is 33.2. The first-order valence-corrected chi connectivity index (χ1v) is 9.74. The molecule has 2 rings (SSSR count). The van der Waals surface area contributed by atoms with E-state index in [2.05, 4.69) is 32.9 Å². The summed E-state index contributed by atoms with van der Waals surface area (Å²) in [6.45, 7) is 4.54. The lowest BCUT2D eigenvalue weighted by Gasteiger charge is -2.12. The van der Waals surface area contributed by atoms with Gasteiger partial charge in [-0.2, -0.15) is 0 Å². The van der Waals surface area contributed by atoms with E-state index >= 15 is 0 Å². The van der Waals surface area contributed by atoms with Gasteiger partial charge in [-0.1, -0.05) is 19.8 Å². The maximum Gasteiger partial charge on any atom is 0.245 e. The molecule has 1 fully saturated rings. The molecule has 1 saturated carbocycles. The van der Waals surface area contributed by atoms with Crippen molar-refractivity contribution < 1.29 is 12.8 Å². The lowest BCUT2D eigenvalue weighted by atomic mass is 10.2. The third-order valence-corrected chi connectivity index (χ3v) is 5.93. The monoisotopic (exact) mass is 378 g/mol. The molecule has 0 radical (unpaired) electrons. The Morgan fingerprint density at radius 1 is 1.48 bits per heavy atom. The molecule has 1 aliphatic rings. The lowest BCUT2D eigenvalue weighted by Crippen LogP contribution is -2.32. The van der Waals surface area contributed by atoms with Crippen LogP contribution in [-0.4, -0.2) is 20.5 Å². The summed E-state index contributed by atoms with van der Waals surface area (Å²) in [5.74, 6) is 0.635. The van der Waals surface area contributed by atoms with Crippen LogP contribution in [0, 0.1) is 0 Å². The van der Waals surface area contributed by atoms with Crippen LogP contribution in [0.25, 0.3) is 0 Å². The number of nitrogens with one attached hydrogen (secondary N) is 2. The Labute approximate surface area is 135 Å². The van der Waals surface area contributed by atoms with Gasteiger partial charge in [0, 0.05) is 18.2 Å². The second kappa shape index (κ2) is 7.26. The fourth-order valence-corrected chi connectivity index (χ4v) is 4.37. The number of hydrogen-bond acceptors (Lipinski definition) is 4. The Morgan fingerprint density at radius 3 is 2.81 bits per heavy atom. The molecule has 1 atom stereocenters. The molecule has 1 unspecified atom stereocenters. The van der Waals surface area contributed by atoms with Gasteiger partial charge in [-0.3, -0.25) is 0 Å². The number of rotatable bonds is 9. The largest absolute Gasteiger partial charge is 0.452 e. The van der Waals surface area contributed by atoms with Gasteiger partial charge in [-0.15, -0.1) is 0 Å². The minimum atomic E-state index is -3.54. The van der Waals surface area contributed by atoms with Crippen LogP contribution in [0.1, 0.15) is 51.7 Å². The Bertz CT molecular complexity index is 567. The summed E-state index contributed by atoms with van der Waals surface area (Å²) in [5.41, 5.74) is 0. The molecule has 0 aromatic carbocycles. The van der Waals surface area contributed by atoms with Crippen molar-refractivity contribution in [1.82, 2.24) is 10.0 Å². The molecule has 2 N–H and O–H groups in total. The van der Waals surface area contributed by atoms with Crippen molar-refractivity contribution in [3.63, 3.8) is 0 Å². The van der Waals surface area contributed by atoms with Gasteiger partial charge < -0.3 is 9.73 Å². The Kier molecular flexibility index (Phi) is 5.88. The van der Waals surface area contributed by atoms with E-state index in [0.717, 1.165) is 19.3 Å². The van der Waals surface area contributed by atoms with Crippen molar-refractivity contribution in [2.75, 3.05) is 0 Å². The topological polar surface area (TPSA) is 71.3 Å². The zero-order chi connectivity index (χ0) is 15.5. The number of halogens is 1. The van der Waals surface area contributed by atoms with Crippen LogP contribution in [0.15, 0.2) is 20.0 Å². The fraction of sp³-hybridized carbons (Fsp3) is 0.714. The van der Waals surface area contributed by atoms with E-state index < -0.39 is 10.0 Å². The molecule has 0 aliphatic heterocycles. The summed E-state index contributed by atoms with van der Waals surface area (Å²) in [7, 11) is -3.54. The van der Waals surface area contributed by atoms with Gasteiger partial charge in [-0.05, 0) is 42.1 Å². The predicted octanol–water partition coefficient (Wildman–Crippen LogP) is 3.15. The minimum absolute atomic E-state index is 0.0789. The van der Waals surface area contributed by atoms with Crippen LogP contribution in [0.3, 0.4) is 0 Å². The SMILES string of the molecule is CCCCC(C)NS(=O)(=O)c1cc(CNC2CC2)oc1Br. The average Bonchev–Trinajstić information content (AvgIpc) is 3.15. The van der Waals surface area contributed by atoms with E-state index in [1.165, 1.54) is 12.8 Å². The van der Waals surface area contributed by atoms with E-state index in [-0.39, 0.29) is 15.6 Å². The number of furan rings is 1. The molecule has 1 aromatic rings. The first-order valence-electron chi connectivity index (χ1n) is 7.46. The van der Waals surface area contributed by atoms with Crippen molar-refractivity contribution in [3.8, 4) is 0 Å². The maximum atomic E-state index is 12.4. The van der Waals surface area contributed by atoms with Crippen LogP contribution >= 0.6 is 15.9 Å². The van der Waals surface area contributed by atoms with E-state index in [4.69, 9.17) is 4.42 Å². The van der Waals surface area contributed by atoms with Gasteiger partial charge in [0.1, 0.15) is 10.7 Å². The summed E-state index contributed by atoms with van der Waals surface area (Å²) in [5, 5.41) is 3.30. The molecule has 7 heteroatoms. The number of hydrogen-bond donors (Lipinski definition) is 2. The van der Waals surface area contributed by atoms with Crippen LogP contribution in [-0.2, 0) is 16.6 Å². The molecule has 1 heterocycles. The first kappa shape index (κ1) is 17.0. The van der Waals surface area contributed by atoms with Gasteiger partial charge in [-0.25, -0.2) is 13.1 Å². The smallest absolute Gasteiger partial charge is 0.245 e. The third-order valence-electron chi connectivity index (χ3n) is 3.49. The van der Waals surface area contributed by atoms with Gasteiger partial charge in [0.05, 0.1) is 6.54 Å². The Balaban J connectivity index is 2.00. The molecular formula is C14H23BrN2O3S. The molecule has 120 valence electrons. The Morgan fingerprint density at radius 2 is 2.19 bits per heavy atom. The van der Waals surface area contributed by atoms with E-state index in [1.807, 2.05) is 6.92 Å². The molecule has 1 aliphatic carbocycles. The third kappa shape index (κ3) is 5.09. The van der Waals surface area contributed by atoms with Crippen LogP contribution in [0.4, 0.5) is 0 Å². The van der Waals surface area contributed by atoms with E-state index in [1.54, 1.807) is 6.07 Å². The van der Waals surface area contributed by atoms with Crippen LogP contribution < -0.4 is 10.0 Å². The van der Waals surface area contributed by atoms with Crippen molar-refractivity contribution in [2.45, 2.75) is 69.5 Å². The standard InChI is InChI=1S/C14H23BrN2O3S/c1-3-4-5-10(2)17-21(18,19)13-8-12(20-14(13)15)9-16-11-6-7-11/h8,10-11,16-17H,3-7,9H2,1-2H3. The summed E-state index contributed by atoms with van der Waals surface area (Å²) in [6.07, 6.45) is 5.26. The molecular weight excluding hydrogens is 356 g/mol. The maximum absolute atomic E-state index is 12.4. The predicted molar refractivity (Wildman–Crippen MR) is 85.6 cm³/mol. The highest BCUT2D eigenvalue weighted by Gasteiger charge is 2.25. The second-order valence-electron chi connectivity index (χ2n) is 5.67. The molecule has 1 aromatic heterocycles. The second-order valence-corrected chi connectivity index (χ2v) is 8.07. The normalized spacial score (nSPS) is 17.1. The zero-order valence-electron chi connectivity index (χ0n) is 12.5. The van der Waals surface area contributed by atoms with Crippen LogP contribution in [0.2, 0.25) is 0 Å². The van der Waals surface area contributed by atoms with Gasteiger partial charge >= 0.3 is 0 Å². The molecule has 0 saturated heterocycles. The highest BCUT2D eigenvalue weighted by Crippen LogP contribution is 2.27. The van der Waals surface area contributed by atoms with E-state index in [9.17, 15) is 8.42 Å². The van der Waals surface area contributed by atoms with Crippen molar-refractivity contribution in [3.05, 3.63) is 16.5 Å². The average molecular weight is 379 g/mol. The molecule has 0 bridgehead atoms. The van der Waals surface area contributed by atoms with Crippen molar-refractivity contribution in [2.24, 2.45) is 0 Å². The van der Waals surface area contributed by atoms with Crippen molar-refractivity contribution in [1.29, 1.82) is 0 Å². The quantitative estimate of drug-likeness (QED) is 0.692.